The van der Waals surface area contributed by atoms with Gasteiger partial charge in [0.05, 0.1) is 23.1 Å². The summed E-state index contributed by atoms with van der Waals surface area (Å²) in [5.41, 5.74) is 7.13. The zero-order valence-electron chi connectivity index (χ0n) is 21.4. The third-order valence-electron chi connectivity index (χ3n) is 6.62. The Hall–Kier alpha value is -4.98. The zero-order valence-corrected chi connectivity index (χ0v) is 21.4. The first-order chi connectivity index (χ1) is 18.8. The molecule has 0 saturated heterocycles. The monoisotopic (exact) mass is 519 g/mol. The summed E-state index contributed by atoms with van der Waals surface area (Å²) in [7, 11) is 0. The first-order valence-corrected chi connectivity index (χ1v) is 12.7. The molecule has 0 bridgehead atoms. The Bertz CT molecular complexity index is 1830. The molecule has 0 fully saturated rings. The largest absolute Gasteiger partial charge is 0.508 e. The lowest BCUT2D eigenvalue weighted by Gasteiger charge is -2.09. The lowest BCUT2D eigenvalue weighted by atomic mass is 10.0. The van der Waals surface area contributed by atoms with Crippen molar-refractivity contribution < 1.29 is 14.3 Å². The number of amides is 1. The van der Waals surface area contributed by atoms with Crippen LogP contribution in [0.2, 0.25) is 0 Å². The number of aromatic hydroxyl groups is 1. The topological polar surface area (TPSA) is 107 Å². The molecule has 0 radical (unpaired) electrons. The Kier molecular flexibility index (Phi) is 6.07. The Morgan fingerprint density at radius 3 is 2.64 bits per heavy atom. The van der Waals surface area contributed by atoms with E-state index in [1.165, 1.54) is 6.07 Å². The number of benzene rings is 3. The van der Waals surface area contributed by atoms with Crippen molar-refractivity contribution in [2.45, 2.75) is 20.3 Å². The highest BCUT2D eigenvalue weighted by molar-refractivity contribution is 6.02. The van der Waals surface area contributed by atoms with Gasteiger partial charge in [-0.1, -0.05) is 32.0 Å². The summed E-state index contributed by atoms with van der Waals surface area (Å²) >= 11 is 0. The Balaban J connectivity index is 1.39. The number of pyridine rings is 1. The molecule has 1 amide bonds. The van der Waals surface area contributed by atoms with E-state index >= 15 is 0 Å². The number of fused-ring (bicyclic) bond motifs is 2. The molecule has 3 aromatic heterocycles. The Morgan fingerprint density at radius 1 is 0.949 bits per heavy atom. The molecule has 39 heavy (non-hydrogen) atoms. The van der Waals surface area contributed by atoms with E-state index in [2.05, 4.69) is 25.5 Å². The van der Waals surface area contributed by atoms with Gasteiger partial charge in [-0.25, -0.2) is 4.39 Å². The number of hydrogen-bond donors (Lipinski definition) is 4. The molecule has 6 aromatic rings. The second-order valence-electron chi connectivity index (χ2n) is 10.1. The molecule has 0 aliphatic heterocycles. The van der Waals surface area contributed by atoms with Gasteiger partial charge in [0.1, 0.15) is 17.3 Å². The molecular formula is C31H26FN5O2. The van der Waals surface area contributed by atoms with Gasteiger partial charge in [0.25, 0.3) is 0 Å². The predicted molar refractivity (Wildman–Crippen MR) is 152 cm³/mol. The minimum Gasteiger partial charge on any atom is -0.508 e. The minimum absolute atomic E-state index is 0.0387. The maximum Gasteiger partial charge on any atom is 0.224 e. The van der Waals surface area contributed by atoms with Gasteiger partial charge in [-0.15, -0.1) is 0 Å². The first-order valence-electron chi connectivity index (χ1n) is 12.7. The fraction of sp³-hybridized carbons (Fsp3) is 0.129. The number of carbonyl (C=O) groups excluding carboxylic acids is 1. The number of nitrogens with zero attached hydrogens (tertiary/aromatic N) is 2. The van der Waals surface area contributed by atoms with Crippen molar-refractivity contribution in [3.8, 4) is 39.4 Å². The fourth-order valence-electron chi connectivity index (χ4n) is 4.91. The van der Waals surface area contributed by atoms with Gasteiger partial charge in [0.15, 0.2) is 0 Å². The van der Waals surface area contributed by atoms with Crippen molar-refractivity contribution in [2.75, 3.05) is 5.32 Å². The summed E-state index contributed by atoms with van der Waals surface area (Å²) in [5, 5.41) is 22.3. The Morgan fingerprint density at radius 2 is 1.82 bits per heavy atom. The molecule has 8 heteroatoms. The lowest BCUT2D eigenvalue weighted by molar-refractivity contribution is -0.116. The number of hydrogen-bond acceptors (Lipinski definition) is 4. The number of carbonyl (C=O) groups is 1. The fourth-order valence-corrected chi connectivity index (χ4v) is 4.91. The van der Waals surface area contributed by atoms with Crippen molar-refractivity contribution in [2.24, 2.45) is 5.92 Å². The molecule has 4 N–H and O–H groups in total. The summed E-state index contributed by atoms with van der Waals surface area (Å²) < 4.78 is 14.0. The van der Waals surface area contributed by atoms with Crippen molar-refractivity contribution >= 4 is 33.4 Å². The molecule has 0 atom stereocenters. The summed E-state index contributed by atoms with van der Waals surface area (Å²) in [6, 6.07) is 19.7. The number of anilines is 1. The van der Waals surface area contributed by atoms with Gasteiger partial charge in [0, 0.05) is 40.5 Å². The second-order valence-corrected chi connectivity index (χ2v) is 10.1. The number of halogens is 1. The molecule has 6 rings (SSSR count). The van der Waals surface area contributed by atoms with E-state index in [9.17, 15) is 14.3 Å². The number of phenols is 1. The Labute approximate surface area is 223 Å². The van der Waals surface area contributed by atoms with Crippen molar-refractivity contribution in [3.05, 3.63) is 84.9 Å². The van der Waals surface area contributed by atoms with E-state index in [0.29, 0.717) is 17.7 Å². The number of nitrogens with one attached hydrogen (secondary N) is 3. The highest BCUT2D eigenvalue weighted by Crippen LogP contribution is 2.36. The molecule has 0 aliphatic carbocycles. The molecule has 0 spiro atoms. The quantitative estimate of drug-likeness (QED) is 0.186. The van der Waals surface area contributed by atoms with E-state index in [1.54, 1.807) is 18.5 Å². The predicted octanol–water partition coefficient (Wildman–Crippen LogP) is 7.27. The maximum absolute atomic E-state index is 14.0. The van der Waals surface area contributed by atoms with Gasteiger partial charge in [-0.05, 0) is 65.1 Å². The van der Waals surface area contributed by atoms with Crippen LogP contribution in [-0.4, -0.2) is 31.2 Å². The van der Waals surface area contributed by atoms with Gasteiger partial charge < -0.3 is 15.4 Å². The molecule has 7 nitrogen and oxygen atoms in total. The molecule has 0 unspecified atom stereocenters. The van der Waals surface area contributed by atoms with E-state index in [-0.39, 0.29) is 17.6 Å². The van der Waals surface area contributed by atoms with Crippen LogP contribution >= 0.6 is 0 Å². The van der Waals surface area contributed by atoms with Gasteiger partial charge in [0.2, 0.25) is 5.91 Å². The van der Waals surface area contributed by atoms with Crippen LogP contribution in [0, 0.1) is 11.7 Å². The average molecular weight is 520 g/mol. The highest BCUT2D eigenvalue weighted by atomic mass is 19.1. The summed E-state index contributed by atoms with van der Waals surface area (Å²) in [6.07, 6.45) is 3.85. The van der Waals surface area contributed by atoms with Gasteiger partial charge in [-0.3, -0.25) is 14.9 Å². The number of H-pyrrole nitrogens is 2. The molecule has 3 aromatic carbocycles. The van der Waals surface area contributed by atoms with Gasteiger partial charge in [-0.2, -0.15) is 5.10 Å². The minimum atomic E-state index is -0.498. The van der Waals surface area contributed by atoms with E-state index in [1.807, 2.05) is 62.4 Å². The van der Waals surface area contributed by atoms with E-state index in [4.69, 9.17) is 0 Å². The first kappa shape index (κ1) is 24.4. The highest BCUT2D eigenvalue weighted by Gasteiger charge is 2.15. The van der Waals surface area contributed by atoms with E-state index in [0.717, 1.165) is 56.0 Å². The standard InChI is InChI=1S/C31H26FN5O2/c1-17(2)8-30(39)34-22-10-20(15-33-16-22)18-6-7-28-26(12-18)31(37-36-28)29-14-25-24(4-3-5-27(25)35-29)19-9-21(32)13-23(38)11-19/h3-7,9-17,35,38H,8H2,1-2H3,(H,34,39)(H,36,37). The maximum atomic E-state index is 14.0. The lowest BCUT2D eigenvalue weighted by Crippen LogP contribution is -2.13. The van der Waals surface area contributed by atoms with Crippen LogP contribution in [0.1, 0.15) is 20.3 Å². The van der Waals surface area contributed by atoms with Crippen LogP contribution in [-0.2, 0) is 4.79 Å². The van der Waals surface area contributed by atoms with Crippen molar-refractivity contribution in [1.29, 1.82) is 0 Å². The smallest absolute Gasteiger partial charge is 0.224 e. The third kappa shape index (κ3) is 4.84. The molecule has 3 heterocycles. The third-order valence-corrected chi connectivity index (χ3v) is 6.62. The normalized spacial score (nSPS) is 11.5. The molecular weight excluding hydrogens is 493 g/mol. The van der Waals surface area contributed by atoms with Crippen molar-refractivity contribution in [1.82, 2.24) is 20.2 Å². The summed E-state index contributed by atoms with van der Waals surface area (Å²) in [5.74, 6) is -0.392. The van der Waals surface area contributed by atoms with Crippen LogP contribution in [0.25, 0.3) is 55.4 Å². The zero-order chi connectivity index (χ0) is 27.1. The van der Waals surface area contributed by atoms with Crippen LogP contribution in [0.15, 0.2) is 79.1 Å². The van der Waals surface area contributed by atoms with Crippen molar-refractivity contribution in [3.63, 3.8) is 0 Å². The number of aromatic nitrogens is 4. The van der Waals surface area contributed by atoms with Crippen LogP contribution < -0.4 is 5.32 Å². The second kappa shape index (κ2) is 9.72. The molecule has 194 valence electrons. The molecule has 0 aliphatic rings. The van der Waals surface area contributed by atoms with Gasteiger partial charge >= 0.3 is 0 Å². The summed E-state index contributed by atoms with van der Waals surface area (Å²) in [4.78, 5) is 20.0. The molecule has 0 saturated carbocycles. The SMILES string of the molecule is CC(C)CC(=O)Nc1cncc(-c2ccc3[nH]nc(-c4cc5c(-c6cc(O)cc(F)c6)cccc5[nH]4)c3c2)c1. The van der Waals surface area contributed by atoms with Crippen LogP contribution in [0.4, 0.5) is 10.1 Å². The summed E-state index contributed by atoms with van der Waals surface area (Å²) in [6.45, 7) is 4.01. The van der Waals surface area contributed by atoms with Crippen LogP contribution in [0.5, 0.6) is 5.75 Å². The average Bonchev–Trinajstić information content (AvgIpc) is 3.51. The number of phenolic OH excluding ortho intramolecular Hbond substituents is 1. The van der Waals surface area contributed by atoms with E-state index < -0.39 is 5.82 Å². The van der Waals surface area contributed by atoms with Crippen LogP contribution in [0.3, 0.4) is 0 Å². The number of aromatic amines is 2. The number of rotatable bonds is 6.